The van der Waals surface area contributed by atoms with Gasteiger partial charge in [-0.2, -0.15) is 0 Å². The summed E-state index contributed by atoms with van der Waals surface area (Å²) in [5, 5.41) is 4.46. The van der Waals surface area contributed by atoms with Gasteiger partial charge in [0.2, 0.25) is 0 Å². The van der Waals surface area contributed by atoms with E-state index in [4.69, 9.17) is 0 Å². The number of fused-ring (bicyclic) bond motifs is 1. The molecule has 0 aliphatic rings. The summed E-state index contributed by atoms with van der Waals surface area (Å²) in [6.45, 7) is 4.36. The Hall–Kier alpha value is -1.58. The van der Waals surface area contributed by atoms with Crippen LogP contribution in [0.3, 0.4) is 0 Å². The van der Waals surface area contributed by atoms with Gasteiger partial charge >= 0.3 is 0 Å². The number of aromatic amines is 1. The van der Waals surface area contributed by atoms with E-state index in [1.54, 1.807) is 6.33 Å². The van der Waals surface area contributed by atoms with E-state index in [1.807, 2.05) is 12.3 Å². The van der Waals surface area contributed by atoms with Gasteiger partial charge in [-0.15, -0.1) is 0 Å². The zero-order valence-electron chi connectivity index (χ0n) is 9.12. The van der Waals surface area contributed by atoms with E-state index < -0.39 is 0 Å². The summed E-state index contributed by atoms with van der Waals surface area (Å²) in [7, 11) is 0. The molecule has 0 fully saturated rings. The summed E-state index contributed by atoms with van der Waals surface area (Å²) in [5.41, 5.74) is 0.885. The van der Waals surface area contributed by atoms with E-state index in [0.29, 0.717) is 6.04 Å². The number of nitrogens with one attached hydrogen (secondary N) is 2. The molecule has 0 unspecified atom stereocenters. The highest BCUT2D eigenvalue weighted by molar-refractivity contribution is 5.86. The Bertz CT molecular complexity index is 435. The molecule has 0 bridgehead atoms. The fourth-order valence-electron chi connectivity index (χ4n) is 1.73. The Labute approximate surface area is 89.1 Å². The van der Waals surface area contributed by atoms with Crippen molar-refractivity contribution in [3.63, 3.8) is 0 Å². The Balaban J connectivity index is 2.23. The van der Waals surface area contributed by atoms with Crippen molar-refractivity contribution in [3.05, 3.63) is 18.6 Å². The maximum Gasteiger partial charge on any atom is 0.142 e. The van der Waals surface area contributed by atoms with Crippen LogP contribution >= 0.6 is 0 Å². The summed E-state index contributed by atoms with van der Waals surface area (Å²) >= 11 is 0. The monoisotopic (exact) mass is 204 g/mol. The third-order valence-electron chi connectivity index (χ3n) is 2.46. The van der Waals surface area contributed by atoms with Crippen LogP contribution < -0.4 is 5.32 Å². The van der Waals surface area contributed by atoms with Crippen molar-refractivity contribution in [2.45, 2.75) is 32.7 Å². The van der Waals surface area contributed by atoms with Gasteiger partial charge in [-0.3, -0.25) is 0 Å². The molecule has 15 heavy (non-hydrogen) atoms. The largest absolute Gasteiger partial charge is 0.367 e. The van der Waals surface area contributed by atoms with Crippen molar-refractivity contribution in [1.29, 1.82) is 0 Å². The molecule has 2 heterocycles. The van der Waals surface area contributed by atoms with Crippen molar-refractivity contribution >= 4 is 16.9 Å². The van der Waals surface area contributed by atoms with E-state index in [2.05, 4.69) is 34.1 Å². The van der Waals surface area contributed by atoms with Crippen LogP contribution in [0.1, 0.15) is 26.7 Å². The minimum Gasteiger partial charge on any atom is -0.367 e. The van der Waals surface area contributed by atoms with Crippen molar-refractivity contribution in [1.82, 2.24) is 15.0 Å². The lowest BCUT2D eigenvalue weighted by Gasteiger charge is -2.13. The van der Waals surface area contributed by atoms with Crippen molar-refractivity contribution in [2.75, 3.05) is 5.32 Å². The van der Waals surface area contributed by atoms with E-state index in [9.17, 15) is 0 Å². The van der Waals surface area contributed by atoms with E-state index in [1.165, 1.54) is 6.42 Å². The molecule has 4 heteroatoms. The minimum absolute atomic E-state index is 0.447. The van der Waals surface area contributed by atoms with Gasteiger partial charge in [-0.25, -0.2) is 9.97 Å². The topological polar surface area (TPSA) is 53.6 Å². The zero-order valence-corrected chi connectivity index (χ0v) is 9.12. The molecule has 0 aliphatic carbocycles. The van der Waals surface area contributed by atoms with Gasteiger partial charge in [0, 0.05) is 12.2 Å². The molecule has 0 amide bonds. The fraction of sp³-hybridized carbons (Fsp3) is 0.455. The average Bonchev–Trinajstić information content (AvgIpc) is 2.67. The quantitative estimate of drug-likeness (QED) is 0.804. The number of H-pyrrole nitrogens is 1. The van der Waals surface area contributed by atoms with Gasteiger partial charge in [-0.05, 0) is 19.4 Å². The lowest BCUT2D eigenvalue weighted by atomic mass is 10.2. The van der Waals surface area contributed by atoms with Gasteiger partial charge in [0.1, 0.15) is 17.8 Å². The Morgan fingerprint density at radius 2 is 2.33 bits per heavy atom. The summed E-state index contributed by atoms with van der Waals surface area (Å²) in [4.78, 5) is 11.5. The first kappa shape index (κ1) is 9.96. The Kier molecular flexibility index (Phi) is 2.85. The SMILES string of the molecule is CCC[C@H](C)Nc1ncnc2[nH]ccc12. The number of hydrogen-bond donors (Lipinski definition) is 2. The summed E-state index contributed by atoms with van der Waals surface area (Å²) < 4.78 is 0. The molecule has 80 valence electrons. The molecule has 0 radical (unpaired) electrons. The molecule has 2 rings (SSSR count). The van der Waals surface area contributed by atoms with Crippen molar-refractivity contribution < 1.29 is 0 Å². The highest BCUT2D eigenvalue weighted by Crippen LogP contribution is 2.18. The fourth-order valence-corrected chi connectivity index (χ4v) is 1.73. The number of hydrogen-bond acceptors (Lipinski definition) is 3. The molecule has 0 aliphatic heterocycles. The van der Waals surface area contributed by atoms with Crippen LogP contribution in [0.2, 0.25) is 0 Å². The first-order valence-electron chi connectivity index (χ1n) is 5.36. The highest BCUT2D eigenvalue weighted by Gasteiger charge is 2.06. The van der Waals surface area contributed by atoms with Crippen LogP contribution in [0.15, 0.2) is 18.6 Å². The lowest BCUT2D eigenvalue weighted by Crippen LogP contribution is -2.15. The third-order valence-corrected chi connectivity index (χ3v) is 2.46. The van der Waals surface area contributed by atoms with Crippen LogP contribution in [-0.4, -0.2) is 21.0 Å². The van der Waals surface area contributed by atoms with Crippen LogP contribution in [0.4, 0.5) is 5.82 Å². The van der Waals surface area contributed by atoms with Gasteiger partial charge < -0.3 is 10.3 Å². The number of rotatable bonds is 4. The zero-order chi connectivity index (χ0) is 10.7. The summed E-state index contributed by atoms with van der Waals surface area (Å²) in [5.74, 6) is 0.919. The number of anilines is 1. The highest BCUT2D eigenvalue weighted by atomic mass is 15.0. The minimum atomic E-state index is 0.447. The number of aromatic nitrogens is 3. The average molecular weight is 204 g/mol. The normalized spacial score (nSPS) is 12.9. The Morgan fingerprint density at radius 3 is 3.13 bits per heavy atom. The molecule has 4 nitrogen and oxygen atoms in total. The van der Waals surface area contributed by atoms with Crippen molar-refractivity contribution in [2.24, 2.45) is 0 Å². The van der Waals surface area contributed by atoms with E-state index in [0.717, 1.165) is 23.3 Å². The maximum atomic E-state index is 4.26. The van der Waals surface area contributed by atoms with Crippen LogP contribution in [0.5, 0.6) is 0 Å². The maximum absolute atomic E-state index is 4.26. The van der Waals surface area contributed by atoms with Crippen LogP contribution in [0.25, 0.3) is 11.0 Å². The molecular weight excluding hydrogens is 188 g/mol. The van der Waals surface area contributed by atoms with E-state index in [-0.39, 0.29) is 0 Å². The summed E-state index contributed by atoms with van der Waals surface area (Å²) in [6.07, 6.45) is 5.79. The third kappa shape index (κ3) is 2.09. The Morgan fingerprint density at radius 1 is 1.47 bits per heavy atom. The molecule has 0 spiro atoms. The first-order valence-corrected chi connectivity index (χ1v) is 5.36. The molecule has 0 saturated carbocycles. The molecule has 2 aromatic heterocycles. The second-order valence-electron chi connectivity index (χ2n) is 3.80. The molecular formula is C11H16N4. The van der Waals surface area contributed by atoms with Gasteiger partial charge in [0.15, 0.2) is 0 Å². The molecule has 1 atom stereocenters. The predicted octanol–water partition coefficient (Wildman–Crippen LogP) is 2.56. The lowest BCUT2D eigenvalue weighted by molar-refractivity contribution is 0.688. The molecule has 0 saturated heterocycles. The first-order chi connectivity index (χ1) is 7.31. The standard InChI is InChI=1S/C11H16N4/c1-3-4-8(2)15-11-9-5-6-12-10(9)13-7-14-11/h5-8H,3-4H2,1-2H3,(H2,12,13,14,15)/t8-/m0/s1. The van der Waals surface area contributed by atoms with Gasteiger partial charge in [0.25, 0.3) is 0 Å². The molecule has 0 aromatic carbocycles. The van der Waals surface area contributed by atoms with Crippen LogP contribution in [-0.2, 0) is 0 Å². The second-order valence-corrected chi connectivity index (χ2v) is 3.80. The van der Waals surface area contributed by atoms with Crippen LogP contribution in [0, 0.1) is 0 Å². The van der Waals surface area contributed by atoms with E-state index >= 15 is 0 Å². The summed E-state index contributed by atoms with van der Waals surface area (Å²) in [6, 6.07) is 2.44. The number of nitrogens with zero attached hydrogens (tertiary/aromatic N) is 2. The second kappa shape index (κ2) is 4.29. The molecule has 2 aromatic rings. The molecule has 2 N–H and O–H groups in total. The van der Waals surface area contributed by atoms with Crippen molar-refractivity contribution in [3.8, 4) is 0 Å². The predicted molar refractivity (Wildman–Crippen MR) is 61.9 cm³/mol. The smallest absolute Gasteiger partial charge is 0.142 e. The van der Waals surface area contributed by atoms with Gasteiger partial charge in [-0.1, -0.05) is 13.3 Å². The van der Waals surface area contributed by atoms with Gasteiger partial charge in [0.05, 0.1) is 5.39 Å².